The third-order valence-electron chi connectivity index (χ3n) is 3.11. The molecule has 0 radical (unpaired) electrons. The molecule has 0 rings (SSSR count). The largest absolute Gasteiger partial charge is 0.381 e. The van der Waals surface area contributed by atoms with Crippen molar-refractivity contribution in [1.29, 1.82) is 0 Å². The summed E-state index contributed by atoms with van der Waals surface area (Å²) >= 11 is 0. The van der Waals surface area contributed by atoms with Gasteiger partial charge in [-0.2, -0.15) is 0 Å². The molecule has 0 aromatic heterocycles. The predicted molar refractivity (Wildman–Crippen MR) is 84.2 cm³/mol. The maximum absolute atomic E-state index is 11.4. The van der Waals surface area contributed by atoms with Gasteiger partial charge >= 0.3 is 0 Å². The molecular weight excluding hydrogens is 270 g/mol. The second-order valence-corrected chi connectivity index (χ2v) is 5.65. The topological polar surface area (TPSA) is 70.8 Å². The zero-order valence-corrected chi connectivity index (χ0v) is 14.0. The molecule has 5 nitrogen and oxygen atoms in total. The zero-order chi connectivity index (χ0) is 16.0. The van der Waals surface area contributed by atoms with Crippen LogP contribution < -0.4 is 5.73 Å². The van der Waals surface area contributed by atoms with E-state index < -0.39 is 5.41 Å². The number of primary amides is 1. The fraction of sp³-hybridized carbons (Fsp3) is 0.938. The summed E-state index contributed by atoms with van der Waals surface area (Å²) in [5.74, 6) is -0.339. The van der Waals surface area contributed by atoms with Crippen LogP contribution >= 0.6 is 0 Å². The van der Waals surface area contributed by atoms with Crippen LogP contribution in [0.4, 0.5) is 0 Å². The monoisotopic (exact) mass is 303 g/mol. The maximum atomic E-state index is 11.4. The highest BCUT2D eigenvalue weighted by atomic mass is 16.5. The van der Waals surface area contributed by atoms with E-state index in [0.29, 0.717) is 39.6 Å². The highest BCUT2D eigenvalue weighted by Crippen LogP contribution is 2.24. The van der Waals surface area contributed by atoms with Crippen LogP contribution in [0.3, 0.4) is 0 Å². The van der Waals surface area contributed by atoms with Crippen LogP contribution in [0.5, 0.6) is 0 Å². The Labute approximate surface area is 129 Å². The van der Waals surface area contributed by atoms with Crippen molar-refractivity contribution in [1.82, 2.24) is 0 Å². The molecule has 0 spiro atoms. The molecule has 2 N–H and O–H groups in total. The third-order valence-corrected chi connectivity index (χ3v) is 3.11. The molecule has 1 amide bonds. The lowest BCUT2D eigenvalue weighted by molar-refractivity contribution is -0.127. The Kier molecular flexibility index (Phi) is 12.6. The number of rotatable bonds is 15. The quantitative estimate of drug-likeness (QED) is 0.472. The van der Waals surface area contributed by atoms with Crippen LogP contribution in [-0.2, 0) is 19.0 Å². The smallest absolute Gasteiger partial charge is 0.218 e. The molecule has 0 atom stereocenters. The predicted octanol–water partition coefficient (Wildman–Crippen LogP) is 2.52. The second-order valence-electron chi connectivity index (χ2n) is 5.65. The number of hydrogen-bond donors (Lipinski definition) is 1. The summed E-state index contributed by atoms with van der Waals surface area (Å²) in [6.45, 7) is 9.60. The van der Waals surface area contributed by atoms with Gasteiger partial charge in [0.2, 0.25) is 5.91 Å². The number of amides is 1. The molecule has 126 valence electrons. The van der Waals surface area contributed by atoms with Crippen molar-refractivity contribution in [2.45, 2.75) is 52.9 Å². The molecule has 21 heavy (non-hydrogen) atoms. The molecule has 0 aromatic carbocycles. The van der Waals surface area contributed by atoms with E-state index in [0.717, 1.165) is 25.7 Å². The summed E-state index contributed by atoms with van der Waals surface area (Å²) in [6, 6.07) is 0. The lowest BCUT2D eigenvalue weighted by Gasteiger charge is -2.32. The molecule has 0 aliphatic carbocycles. The fourth-order valence-corrected chi connectivity index (χ4v) is 2.05. The van der Waals surface area contributed by atoms with E-state index in [-0.39, 0.29) is 12.3 Å². The number of hydrogen-bond acceptors (Lipinski definition) is 4. The van der Waals surface area contributed by atoms with Crippen LogP contribution in [0.1, 0.15) is 52.9 Å². The molecular formula is C16H33NO4. The summed E-state index contributed by atoms with van der Waals surface area (Å²) in [6.07, 6.45) is 4.21. The minimum atomic E-state index is -0.468. The van der Waals surface area contributed by atoms with E-state index in [1.165, 1.54) is 0 Å². The van der Waals surface area contributed by atoms with Crippen LogP contribution in [0.15, 0.2) is 0 Å². The molecule has 0 aromatic rings. The first-order valence-corrected chi connectivity index (χ1v) is 8.11. The van der Waals surface area contributed by atoms with Gasteiger partial charge in [-0.15, -0.1) is 0 Å². The molecule has 0 saturated carbocycles. The van der Waals surface area contributed by atoms with Crippen molar-refractivity contribution < 1.29 is 19.0 Å². The Morgan fingerprint density at radius 1 is 0.857 bits per heavy atom. The Hall–Kier alpha value is -0.650. The number of ether oxygens (including phenoxy) is 3. The molecule has 5 heteroatoms. The van der Waals surface area contributed by atoms with Crippen LogP contribution in [-0.4, -0.2) is 45.5 Å². The van der Waals surface area contributed by atoms with E-state index in [4.69, 9.17) is 19.9 Å². The Morgan fingerprint density at radius 3 is 1.71 bits per heavy atom. The first-order chi connectivity index (χ1) is 10.1. The first kappa shape index (κ1) is 20.3. The Morgan fingerprint density at radius 2 is 1.33 bits per heavy atom. The Balaban J connectivity index is 4.60. The minimum absolute atomic E-state index is 0.229. The van der Waals surface area contributed by atoms with Crippen molar-refractivity contribution in [2.24, 2.45) is 11.1 Å². The van der Waals surface area contributed by atoms with Gasteiger partial charge in [-0.1, -0.05) is 27.2 Å². The van der Waals surface area contributed by atoms with Crippen LogP contribution in [0.25, 0.3) is 0 Å². The first-order valence-electron chi connectivity index (χ1n) is 8.11. The van der Waals surface area contributed by atoms with Gasteiger partial charge in [-0.3, -0.25) is 4.79 Å². The van der Waals surface area contributed by atoms with E-state index >= 15 is 0 Å². The van der Waals surface area contributed by atoms with Crippen LogP contribution in [0, 0.1) is 5.41 Å². The molecule has 0 heterocycles. The van der Waals surface area contributed by atoms with E-state index in [2.05, 4.69) is 20.8 Å². The second kappa shape index (κ2) is 13.0. The van der Waals surface area contributed by atoms with E-state index in [1.54, 1.807) is 0 Å². The third kappa shape index (κ3) is 10.7. The van der Waals surface area contributed by atoms with E-state index in [9.17, 15) is 4.79 Å². The summed E-state index contributed by atoms with van der Waals surface area (Å²) in [4.78, 5) is 11.4. The SMILES string of the molecule is CCCCOCC(COCCC)(COCCC)CC(N)=O. The van der Waals surface area contributed by atoms with Crippen molar-refractivity contribution in [3.8, 4) is 0 Å². The van der Waals surface area contributed by atoms with Crippen molar-refractivity contribution in [3.05, 3.63) is 0 Å². The number of unbranched alkanes of at least 4 members (excludes halogenated alkanes) is 1. The average molecular weight is 303 g/mol. The van der Waals surface area contributed by atoms with Crippen molar-refractivity contribution in [2.75, 3.05) is 39.6 Å². The number of nitrogens with two attached hydrogens (primary N) is 1. The van der Waals surface area contributed by atoms with Gasteiger partial charge in [-0.05, 0) is 19.3 Å². The zero-order valence-electron chi connectivity index (χ0n) is 14.0. The lowest BCUT2D eigenvalue weighted by Crippen LogP contribution is -2.41. The summed E-state index contributed by atoms with van der Waals surface area (Å²) in [5, 5.41) is 0. The maximum Gasteiger partial charge on any atom is 0.218 e. The van der Waals surface area contributed by atoms with Gasteiger partial charge in [-0.25, -0.2) is 0 Å². The normalized spacial score (nSPS) is 11.8. The van der Waals surface area contributed by atoms with Crippen LogP contribution in [0.2, 0.25) is 0 Å². The summed E-state index contributed by atoms with van der Waals surface area (Å²) in [5.41, 5.74) is 4.94. The highest BCUT2D eigenvalue weighted by Gasteiger charge is 2.33. The molecule has 0 saturated heterocycles. The summed E-state index contributed by atoms with van der Waals surface area (Å²) < 4.78 is 17.1. The Bertz CT molecular complexity index is 249. The average Bonchev–Trinajstić information content (AvgIpc) is 2.43. The standard InChI is InChI=1S/C16H33NO4/c1-4-7-10-21-14-16(11-15(17)18,12-19-8-5-2)13-20-9-6-3/h4-14H2,1-3H3,(H2,17,18). The molecule has 0 unspecified atom stereocenters. The molecule has 0 fully saturated rings. The number of carbonyl (C=O) groups is 1. The van der Waals surface area contributed by atoms with Gasteiger partial charge in [0.05, 0.1) is 19.8 Å². The van der Waals surface area contributed by atoms with Crippen molar-refractivity contribution in [3.63, 3.8) is 0 Å². The molecule has 0 aliphatic heterocycles. The fourth-order valence-electron chi connectivity index (χ4n) is 2.05. The number of carbonyl (C=O) groups excluding carboxylic acids is 1. The van der Waals surface area contributed by atoms with Gasteiger partial charge in [0.15, 0.2) is 0 Å². The van der Waals surface area contributed by atoms with E-state index in [1.807, 2.05) is 0 Å². The van der Waals surface area contributed by atoms with Gasteiger partial charge < -0.3 is 19.9 Å². The molecule has 0 bridgehead atoms. The molecule has 0 aliphatic rings. The van der Waals surface area contributed by atoms with Gasteiger partial charge in [0, 0.05) is 31.7 Å². The summed E-state index contributed by atoms with van der Waals surface area (Å²) in [7, 11) is 0. The van der Waals surface area contributed by atoms with Gasteiger partial charge in [0.25, 0.3) is 0 Å². The highest BCUT2D eigenvalue weighted by molar-refractivity contribution is 5.74. The minimum Gasteiger partial charge on any atom is -0.381 e. The lowest BCUT2D eigenvalue weighted by atomic mass is 9.86. The van der Waals surface area contributed by atoms with Gasteiger partial charge in [0.1, 0.15) is 0 Å². The van der Waals surface area contributed by atoms with Crippen molar-refractivity contribution >= 4 is 5.91 Å².